The molecule has 0 saturated heterocycles. The minimum Gasteiger partial charge on any atom is -0.491 e. The highest BCUT2D eigenvalue weighted by atomic mass is 19.4. The summed E-state index contributed by atoms with van der Waals surface area (Å²) in [4.78, 5) is 12.7. The summed E-state index contributed by atoms with van der Waals surface area (Å²) in [6, 6.07) is 5.96. The lowest BCUT2D eigenvalue weighted by Crippen LogP contribution is -2.40. The lowest BCUT2D eigenvalue weighted by molar-refractivity contribution is -0.141. The summed E-state index contributed by atoms with van der Waals surface area (Å²) in [5.41, 5.74) is 0.0888. The third-order valence-corrected chi connectivity index (χ3v) is 2.48. The van der Waals surface area contributed by atoms with Gasteiger partial charge in [0.15, 0.2) is 0 Å². The van der Waals surface area contributed by atoms with Crippen molar-refractivity contribution in [2.45, 2.75) is 26.1 Å². The summed E-state index contributed by atoms with van der Waals surface area (Å²) in [6.45, 7) is 1.28. The van der Waals surface area contributed by atoms with Crippen molar-refractivity contribution in [2.75, 3.05) is 19.7 Å². The molecule has 0 aliphatic heterocycles. The van der Waals surface area contributed by atoms with Crippen molar-refractivity contribution in [1.29, 1.82) is 0 Å². The summed E-state index contributed by atoms with van der Waals surface area (Å²) < 4.78 is 42.8. The van der Waals surface area contributed by atoms with Crippen LogP contribution >= 0.6 is 0 Å². The van der Waals surface area contributed by atoms with Crippen LogP contribution in [0.2, 0.25) is 0 Å². The van der Waals surface area contributed by atoms with Gasteiger partial charge < -0.3 is 14.7 Å². The number of halogens is 3. The maximum Gasteiger partial charge on any atom is 0.406 e. The molecule has 0 saturated carbocycles. The van der Waals surface area contributed by atoms with Crippen molar-refractivity contribution >= 4 is 5.91 Å². The van der Waals surface area contributed by atoms with E-state index in [1.807, 2.05) is 0 Å². The van der Waals surface area contributed by atoms with Gasteiger partial charge in [0.25, 0.3) is 5.91 Å². The number of aliphatic hydroxyl groups is 1. The number of hydrogen-bond acceptors (Lipinski definition) is 3. The fourth-order valence-corrected chi connectivity index (χ4v) is 1.75. The van der Waals surface area contributed by atoms with Crippen molar-refractivity contribution in [2.24, 2.45) is 0 Å². The molecule has 0 unspecified atom stereocenters. The number of ether oxygens (including phenoxy) is 1. The van der Waals surface area contributed by atoms with Crippen LogP contribution in [0.5, 0.6) is 5.75 Å². The molecular weight excluding hydrogens is 287 g/mol. The van der Waals surface area contributed by atoms with Gasteiger partial charge in [0.1, 0.15) is 12.3 Å². The highest BCUT2D eigenvalue weighted by molar-refractivity contribution is 5.94. The van der Waals surface area contributed by atoms with Gasteiger partial charge in [-0.25, -0.2) is 0 Å². The van der Waals surface area contributed by atoms with Crippen LogP contribution < -0.4 is 4.74 Å². The maximum atomic E-state index is 12.5. The fraction of sp³-hybridized carbons (Fsp3) is 0.500. The molecule has 0 spiro atoms. The number of benzene rings is 1. The Bertz CT molecular complexity index is 475. The summed E-state index contributed by atoms with van der Waals surface area (Å²) >= 11 is 0. The smallest absolute Gasteiger partial charge is 0.406 e. The predicted octanol–water partition coefficient (Wildman–Crippen LogP) is 2.47. The first kappa shape index (κ1) is 17.3. The van der Waals surface area contributed by atoms with Crippen molar-refractivity contribution in [3.63, 3.8) is 0 Å². The Kier molecular flexibility index (Phi) is 6.02. The van der Waals surface area contributed by atoms with E-state index < -0.39 is 25.2 Å². The zero-order valence-electron chi connectivity index (χ0n) is 11.9. The van der Waals surface area contributed by atoms with Crippen LogP contribution in [0.25, 0.3) is 0 Å². The van der Waals surface area contributed by atoms with Gasteiger partial charge in [-0.2, -0.15) is 13.2 Å². The normalized spacial score (nSPS) is 11.6. The minimum absolute atomic E-state index is 0.0888. The van der Waals surface area contributed by atoms with Gasteiger partial charge >= 0.3 is 6.18 Å². The topological polar surface area (TPSA) is 49.8 Å². The Hall–Kier alpha value is -1.76. The molecule has 0 heterocycles. The van der Waals surface area contributed by atoms with Crippen molar-refractivity contribution in [1.82, 2.24) is 4.90 Å². The van der Waals surface area contributed by atoms with E-state index in [9.17, 15) is 18.0 Å². The van der Waals surface area contributed by atoms with Gasteiger partial charge in [-0.05, 0) is 32.0 Å². The fourth-order valence-electron chi connectivity index (χ4n) is 1.75. The minimum atomic E-state index is -4.52. The highest BCUT2D eigenvalue weighted by Gasteiger charge is 2.33. The van der Waals surface area contributed by atoms with E-state index in [4.69, 9.17) is 9.84 Å². The van der Waals surface area contributed by atoms with Gasteiger partial charge in [0.05, 0.1) is 12.7 Å². The molecule has 1 amide bonds. The summed E-state index contributed by atoms with van der Waals surface area (Å²) in [5.74, 6) is -0.387. The van der Waals surface area contributed by atoms with Crippen molar-refractivity contribution in [3.05, 3.63) is 29.8 Å². The SMILES string of the molecule is CC(C)Oc1cccc(C(=O)N(CCO)CC(F)(F)F)c1. The molecule has 0 aliphatic rings. The molecule has 1 aromatic carbocycles. The number of aliphatic hydroxyl groups excluding tert-OH is 1. The molecule has 0 aromatic heterocycles. The molecule has 1 N–H and O–H groups in total. The molecule has 118 valence electrons. The number of nitrogens with zero attached hydrogens (tertiary/aromatic N) is 1. The second kappa shape index (κ2) is 7.31. The monoisotopic (exact) mass is 305 g/mol. The van der Waals surface area contributed by atoms with Crippen LogP contribution in [-0.4, -0.2) is 47.9 Å². The van der Waals surface area contributed by atoms with E-state index in [0.29, 0.717) is 10.6 Å². The maximum absolute atomic E-state index is 12.5. The Morgan fingerprint density at radius 2 is 2.05 bits per heavy atom. The van der Waals surface area contributed by atoms with Crippen molar-refractivity contribution in [3.8, 4) is 5.75 Å². The van der Waals surface area contributed by atoms with E-state index in [0.717, 1.165) is 0 Å². The molecule has 7 heteroatoms. The zero-order chi connectivity index (χ0) is 16.0. The largest absolute Gasteiger partial charge is 0.491 e. The molecule has 0 radical (unpaired) electrons. The molecular formula is C14H18F3NO3. The number of amides is 1. The van der Waals surface area contributed by atoms with E-state index >= 15 is 0 Å². The van der Waals surface area contributed by atoms with Crippen LogP contribution in [0, 0.1) is 0 Å². The number of rotatable bonds is 6. The molecule has 21 heavy (non-hydrogen) atoms. The van der Waals surface area contributed by atoms with Gasteiger partial charge in [0.2, 0.25) is 0 Å². The Morgan fingerprint density at radius 1 is 1.38 bits per heavy atom. The average molecular weight is 305 g/mol. The van der Waals surface area contributed by atoms with Crippen molar-refractivity contribution < 1.29 is 27.8 Å². The third kappa shape index (κ3) is 6.03. The average Bonchev–Trinajstić information content (AvgIpc) is 2.35. The van der Waals surface area contributed by atoms with Crippen LogP contribution in [0.3, 0.4) is 0 Å². The second-order valence-corrected chi connectivity index (χ2v) is 4.76. The van der Waals surface area contributed by atoms with Crippen LogP contribution in [0.4, 0.5) is 13.2 Å². The van der Waals surface area contributed by atoms with Crippen LogP contribution in [0.1, 0.15) is 24.2 Å². The molecule has 0 aliphatic carbocycles. The lowest BCUT2D eigenvalue weighted by Gasteiger charge is -2.23. The molecule has 1 rings (SSSR count). The molecule has 0 bridgehead atoms. The molecule has 1 aromatic rings. The summed E-state index contributed by atoms with van der Waals surface area (Å²) in [6.07, 6.45) is -4.63. The Morgan fingerprint density at radius 3 is 2.57 bits per heavy atom. The first-order valence-electron chi connectivity index (χ1n) is 6.46. The molecule has 0 atom stereocenters. The van der Waals surface area contributed by atoms with Gasteiger partial charge in [-0.3, -0.25) is 4.79 Å². The first-order valence-corrected chi connectivity index (χ1v) is 6.46. The number of hydrogen-bond donors (Lipinski definition) is 1. The summed E-state index contributed by atoms with van der Waals surface area (Å²) in [7, 11) is 0. The quantitative estimate of drug-likeness (QED) is 0.878. The Balaban J connectivity index is 2.92. The standard InChI is InChI=1S/C14H18F3NO3/c1-10(2)21-12-5-3-4-11(8-12)13(20)18(6-7-19)9-14(15,16)17/h3-5,8,10,19H,6-7,9H2,1-2H3. The summed E-state index contributed by atoms with van der Waals surface area (Å²) in [5, 5.41) is 8.82. The van der Waals surface area contributed by atoms with Gasteiger partial charge in [0, 0.05) is 12.1 Å². The van der Waals surface area contributed by atoms with Gasteiger partial charge in [-0.1, -0.05) is 6.07 Å². The third-order valence-electron chi connectivity index (χ3n) is 2.48. The molecule has 0 fully saturated rings. The zero-order valence-corrected chi connectivity index (χ0v) is 11.9. The van der Waals surface area contributed by atoms with E-state index in [1.165, 1.54) is 18.2 Å². The number of carbonyl (C=O) groups excluding carboxylic acids is 1. The predicted molar refractivity (Wildman–Crippen MR) is 71.3 cm³/mol. The van der Waals surface area contributed by atoms with Gasteiger partial charge in [-0.15, -0.1) is 0 Å². The highest BCUT2D eigenvalue weighted by Crippen LogP contribution is 2.20. The van der Waals surface area contributed by atoms with Crippen LogP contribution in [-0.2, 0) is 0 Å². The lowest BCUT2D eigenvalue weighted by atomic mass is 10.2. The van der Waals surface area contributed by atoms with Crippen LogP contribution in [0.15, 0.2) is 24.3 Å². The van der Waals surface area contributed by atoms with E-state index in [1.54, 1.807) is 19.9 Å². The van der Waals surface area contributed by atoms with E-state index in [-0.39, 0.29) is 18.2 Å². The first-order chi connectivity index (χ1) is 9.73. The number of carbonyl (C=O) groups is 1. The van der Waals surface area contributed by atoms with E-state index in [2.05, 4.69) is 0 Å². The number of alkyl halides is 3. The Labute approximate surface area is 121 Å². The molecule has 4 nitrogen and oxygen atoms in total. The second-order valence-electron chi connectivity index (χ2n) is 4.76.